The van der Waals surface area contributed by atoms with E-state index < -0.39 is 0 Å². The maximum absolute atomic E-state index is 8.00. The van der Waals surface area contributed by atoms with Gasteiger partial charge in [0, 0.05) is 41.8 Å². The highest BCUT2D eigenvalue weighted by molar-refractivity contribution is 5.04. The molecule has 0 radical (unpaired) electrons. The standard InChI is InChI=1S/C6H7N5.C6H9N3/c1-5-8-2-6(3-9-5)4-10-11-7;1-5-8-3-6(2-7)4-9-5/h2-3H,4H2,1H3;3-4H,2,7H2,1H3. The Balaban J connectivity index is 0.000000204. The molecule has 8 heteroatoms. The zero-order chi connectivity index (χ0) is 14.8. The van der Waals surface area contributed by atoms with Gasteiger partial charge in [-0.05, 0) is 24.9 Å². The van der Waals surface area contributed by atoms with Crippen molar-refractivity contribution < 1.29 is 0 Å². The SMILES string of the molecule is Cc1ncc(CN)cn1.Cc1ncc(CN=[N+]=[N-])cn1. The van der Waals surface area contributed by atoms with Gasteiger partial charge in [0.25, 0.3) is 0 Å². The lowest BCUT2D eigenvalue weighted by molar-refractivity contribution is 0.961. The number of rotatable bonds is 3. The number of aryl methyl sites for hydroxylation is 2. The minimum absolute atomic E-state index is 0.316. The molecule has 0 atom stereocenters. The van der Waals surface area contributed by atoms with Crippen molar-refractivity contribution in [3.63, 3.8) is 0 Å². The lowest BCUT2D eigenvalue weighted by Crippen LogP contribution is -1.98. The lowest BCUT2D eigenvalue weighted by Gasteiger charge is -1.93. The summed E-state index contributed by atoms with van der Waals surface area (Å²) in [6.07, 6.45) is 6.78. The number of hydrogen-bond acceptors (Lipinski definition) is 6. The van der Waals surface area contributed by atoms with Gasteiger partial charge in [0.15, 0.2) is 0 Å². The van der Waals surface area contributed by atoms with Crippen molar-refractivity contribution in [2.45, 2.75) is 26.9 Å². The summed E-state index contributed by atoms with van der Waals surface area (Å²) in [5.74, 6) is 1.50. The first-order valence-corrected chi connectivity index (χ1v) is 5.91. The molecule has 2 aromatic rings. The quantitative estimate of drug-likeness (QED) is 0.518. The van der Waals surface area contributed by atoms with Gasteiger partial charge in [0.05, 0.1) is 6.54 Å². The van der Waals surface area contributed by atoms with E-state index in [0.717, 1.165) is 22.8 Å². The highest BCUT2D eigenvalue weighted by Crippen LogP contribution is 1.97. The Morgan fingerprint density at radius 2 is 1.45 bits per heavy atom. The summed E-state index contributed by atoms with van der Waals surface area (Å²) in [6, 6.07) is 0. The van der Waals surface area contributed by atoms with E-state index >= 15 is 0 Å². The van der Waals surface area contributed by atoms with E-state index in [1.165, 1.54) is 0 Å². The molecule has 0 bridgehead atoms. The van der Waals surface area contributed by atoms with Crippen molar-refractivity contribution in [1.82, 2.24) is 19.9 Å². The summed E-state index contributed by atoms with van der Waals surface area (Å²) < 4.78 is 0. The Morgan fingerprint density at radius 3 is 1.85 bits per heavy atom. The monoisotopic (exact) mass is 272 g/mol. The molecule has 2 aromatic heterocycles. The molecule has 2 rings (SSSR count). The number of aromatic nitrogens is 4. The van der Waals surface area contributed by atoms with E-state index in [4.69, 9.17) is 11.3 Å². The fourth-order valence-corrected chi connectivity index (χ4v) is 1.14. The topological polar surface area (TPSA) is 126 Å². The van der Waals surface area contributed by atoms with Gasteiger partial charge in [-0.15, -0.1) is 0 Å². The van der Waals surface area contributed by atoms with Crippen LogP contribution in [0.4, 0.5) is 0 Å². The first kappa shape index (κ1) is 15.5. The van der Waals surface area contributed by atoms with Gasteiger partial charge in [-0.1, -0.05) is 5.11 Å². The molecule has 0 fully saturated rings. The molecule has 20 heavy (non-hydrogen) atoms. The molecule has 0 spiro atoms. The largest absolute Gasteiger partial charge is 0.326 e. The van der Waals surface area contributed by atoms with Gasteiger partial charge in [-0.2, -0.15) is 0 Å². The fourth-order valence-electron chi connectivity index (χ4n) is 1.14. The van der Waals surface area contributed by atoms with Gasteiger partial charge >= 0.3 is 0 Å². The maximum Gasteiger partial charge on any atom is 0.125 e. The third-order valence-corrected chi connectivity index (χ3v) is 2.22. The van der Waals surface area contributed by atoms with Crippen molar-refractivity contribution in [3.05, 3.63) is 58.0 Å². The van der Waals surface area contributed by atoms with Crippen LogP contribution in [0.2, 0.25) is 0 Å². The third kappa shape index (κ3) is 5.85. The Labute approximate surface area is 116 Å². The molecule has 0 unspecified atom stereocenters. The van der Waals surface area contributed by atoms with Crippen molar-refractivity contribution in [1.29, 1.82) is 0 Å². The zero-order valence-corrected chi connectivity index (χ0v) is 11.4. The van der Waals surface area contributed by atoms with Crippen LogP contribution in [-0.4, -0.2) is 19.9 Å². The summed E-state index contributed by atoms with van der Waals surface area (Å²) in [5.41, 5.74) is 15.1. The van der Waals surface area contributed by atoms with Crippen LogP contribution in [0.15, 0.2) is 29.9 Å². The predicted molar refractivity (Wildman–Crippen MR) is 74.3 cm³/mol. The summed E-state index contributed by atoms with van der Waals surface area (Å²) in [5, 5.41) is 3.37. The van der Waals surface area contributed by atoms with Crippen LogP contribution in [0.3, 0.4) is 0 Å². The van der Waals surface area contributed by atoms with Crippen molar-refractivity contribution >= 4 is 0 Å². The summed E-state index contributed by atoms with van der Waals surface area (Å²) in [7, 11) is 0. The van der Waals surface area contributed by atoms with E-state index in [2.05, 4.69) is 30.0 Å². The Kier molecular flexibility index (Phi) is 6.60. The summed E-state index contributed by atoms with van der Waals surface area (Å²) in [6.45, 7) is 4.48. The molecule has 8 nitrogen and oxygen atoms in total. The van der Waals surface area contributed by atoms with Gasteiger partial charge in [-0.3, -0.25) is 0 Å². The van der Waals surface area contributed by atoms with Gasteiger partial charge in [0.1, 0.15) is 11.6 Å². The smallest absolute Gasteiger partial charge is 0.125 e. The number of nitrogens with zero attached hydrogens (tertiary/aromatic N) is 7. The second-order valence-corrected chi connectivity index (χ2v) is 3.87. The third-order valence-electron chi connectivity index (χ3n) is 2.22. The normalized spacial score (nSPS) is 9.15. The Bertz CT molecular complexity index is 557. The van der Waals surface area contributed by atoms with Crippen LogP contribution >= 0.6 is 0 Å². The molecule has 2 heterocycles. The van der Waals surface area contributed by atoms with Crippen molar-refractivity contribution in [2.75, 3.05) is 0 Å². The lowest BCUT2D eigenvalue weighted by atomic mass is 10.3. The molecule has 0 amide bonds. The zero-order valence-electron chi connectivity index (χ0n) is 11.4. The molecular weight excluding hydrogens is 256 g/mol. The second kappa shape index (κ2) is 8.52. The highest BCUT2D eigenvalue weighted by Gasteiger charge is 1.90. The Hall–Kier alpha value is -2.57. The molecule has 0 saturated carbocycles. The summed E-state index contributed by atoms with van der Waals surface area (Å²) >= 11 is 0. The first-order valence-electron chi connectivity index (χ1n) is 5.91. The van der Waals surface area contributed by atoms with Gasteiger partial charge in [-0.25, -0.2) is 19.9 Å². The maximum atomic E-state index is 8.00. The van der Waals surface area contributed by atoms with Gasteiger partial charge in [0.2, 0.25) is 0 Å². The minimum Gasteiger partial charge on any atom is -0.326 e. The molecular formula is C12H16N8. The van der Waals surface area contributed by atoms with E-state index in [-0.39, 0.29) is 0 Å². The minimum atomic E-state index is 0.316. The van der Waals surface area contributed by atoms with Crippen molar-refractivity contribution in [3.8, 4) is 0 Å². The van der Waals surface area contributed by atoms with Crippen molar-refractivity contribution in [2.24, 2.45) is 10.8 Å². The first-order chi connectivity index (χ1) is 9.65. The van der Waals surface area contributed by atoms with Crippen LogP contribution in [0, 0.1) is 13.8 Å². The van der Waals surface area contributed by atoms with Crippen LogP contribution in [0.1, 0.15) is 22.8 Å². The van der Waals surface area contributed by atoms with E-state index in [9.17, 15) is 0 Å². The Morgan fingerprint density at radius 1 is 1.00 bits per heavy atom. The average molecular weight is 272 g/mol. The number of nitrogens with two attached hydrogens (primary N) is 1. The number of hydrogen-bond donors (Lipinski definition) is 1. The predicted octanol–water partition coefficient (Wildman–Crippen LogP) is 1.84. The van der Waals surface area contributed by atoms with Crippen LogP contribution in [-0.2, 0) is 13.1 Å². The molecule has 0 aliphatic rings. The molecule has 104 valence electrons. The second-order valence-electron chi connectivity index (χ2n) is 3.87. The molecule has 0 aromatic carbocycles. The average Bonchev–Trinajstić information content (AvgIpc) is 2.48. The van der Waals surface area contributed by atoms with Crippen LogP contribution in [0.5, 0.6) is 0 Å². The fraction of sp³-hybridized carbons (Fsp3) is 0.333. The molecule has 0 aliphatic carbocycles. The van der Waals surface area contributed by atoms with E-state index in [1.807, 2.05) is 6.92 Å². The number of azide groups is 1. The van der Waals surface area contributed by atoms with E-state index in [1.54, 1.807) is 31.7 Å². The highest BCUT2D eigenvalue weighted by atomic mass is 15.1. The van der Waals surface area contributed by atoms with Crippen LogP contribution < -0.4 is 5.73 Å². The van der Waals surface area contributed by atoms with E-state index in [0.29, 0.717) is 13.1 Å². The summed E-state index contributed by atoms with van der Waals surface area (Å²) in [4.78, 5) is 18.4. The van der Waals surface area contributed by atoms with Gasteiger partial charge < -0.3 is 5.73 Å². The van der Waals surface area contributed by atoms with Crippen LogP contribution in [0.25, 0.3) is 10.4 Å². The molecule has 0 saturated heterocycles. The molecule has 2 N–H and O–H groups in total. The molecule has 0 aliphatic heterocycles.